The lowest BCUT2D eigenvalue weighted by molar-refractivity contribution is -0.132. The molecule has 3 heteroatoms. The average Bonchev–Trinajstić information content (AvgIpc) is 2.45. The van der Waals surface area contributed by atoms with Crippen LogP contribution in [0.1, 0.15) is 51.0 Å². The van der Waals surface area contributed by atoms with Gasteiger partial charge in [0.15, 0.2) is 0 Å². The minimum absolute atomic E-state index is 0.467. The summed E-state index contributed by atoms with van der Waals surface area (Å²) in [6.07, 6.45) is 8.00. The molecule has 0 aliphatic rings. The first-order chi connectivity index (χ1) is 9.67. The quantitative estimate of drug-likeness (QED) is 0.532. The van der Waals surface area contributed by atoms with E-state index in [9.17, 15) is 9.90 Å². The van der Waals surface area contributed by atoms with Gasteiger partial charge in [0.25, 0.3) is 0 Å². The monoisotopic (exact) mass is 276 g/mol. The van der Waals surface area contributed by atoms with E-state index in [2.05, 4.69) is 6.92 Å². The molecular formula is C17H24O3. The number of methoxy groups -OCH3 is 1. The van der Waals surface area contributed by atoms with Crippen molar-refractivity contribution in [3.05, 3.63) is 35.4 Å². The predicted molar refractivity (Wildman–Crippen MR) is 82.0 cm³/mol. The van der Waals surface area contributed by atoms with Crippen LogP contribution in [-0.2, 0) is 4.79 Å². The Bertz CT molecular complexity index is 449. The Morgan fingerprint density at radius 2 is 2.00 bits per heavy atom. The van der Waals surface area contributed by atoms with Crippen LogP contribution in [0.15, 0.2) is 29.8 Å². The Labute approximate surface area is 121 Å². The second kappa shape index (κ2) is 9.18. The summed E-state index contributed by atoms with van der Waals surface area (Å²) < 4.78 is 5.15. The molecule has 20 heavy (non-hydrogen) atoms. The Hall–Kier alpha value is -1.77. The van der Waals surface area contributed by atoms with Gasteiger partial charge in [0, 0.05) is 5.57 Å². The molecule has 0 spiro atoms. The smallest absolute Gasteiger partial charge is 0.331 e. The van der Waals surface area contributed by atoms with Crippen molar-refractivity contribution < 1.29 is 14.6 Å². The first-order valence-corrected chi connectivity index (χ1v) is 7.25. The molecule has 0 atom stereocenters. The van der Waals surface area contributed by atoms with Crippen molar-refractivity contribution in [3.63, 3.8) is 0 Å². The fraction of sp³-hybridized carbons (Fsp3) is 0.471. The topological polar surface area (TPSA) is 46.5 Å². The molecule has 1 rings (SSSR count). The molecule has 3 nitrogen and oxygen atoms in total. The highest BCUT2D eigenvalue weighted by atomic mass is 16.5. The number of aliphatic carboxylic acids is 1. The first-order valence-electron chi connectivity index (χ1n) is 7.25. The summed E-state index contributed by atoms with van der Waals surface area (Å²) in [4.78, 5) is 11.3. The zero-order valence-corrected chi connectivity index (χ0v) is 12.4. The van der Waals surface area contributed by atoms with E-state index in [1.807, 2.05) is 24.3 Å². The number of carbonyl (C=O) groups is 1. The van der Waals surface area contributed by atoms with Crippen LogP contribution in [0, 0.1) is 0 Å². The third kappa shape index (κ3) is 5.91. The van der Waals surface area contributed by atoms with Crippen LogP contribution in [0.5, 0.6) is 5.75 Å². The highest BCUT2D eigenvalue weighted by molar-refractivity contribution is 5.92. The zero-order chi connectivity index (χ0) is 14.8. The van der Waals surface area contributed by atoms with Gasteiger partial charge in [-0.2, -0.15) is 0 Å². The van der Waals surface area contributed by atoms with Crippen molar-refractivity contribution in [2.24, 2.45) is 0 Å². The van der Waals surface area contributed by atoms with E-state index in [1.54, 1.807) is 13.2 Å². The summed E-state index contributed by atoms with van der Waals surface area (Å²) >= 11 is 0. The van der Waals surface area contributed by atoms with Crippen molar-refractivity contribution >= 4 is 12.0 Å². The molecule has 0 radical (unpaired) electrons. The minimum atomic E-state index is -0.830. The number of unbranched alkanes of at least 4 members (excludes halogenated alkanes) is 4. The molecule has 1 aromatic carbocycles. The number of benzene rings is 1. The molecule has 0 aromatic heterocycles. The maximum absolute atomic E-state index is 11.3. The van der Waals surface area contributed by atoms with E-state index in [0.717, 1.165) is 24.2 Å². The van der Waals surface area contributed by atoms with Gasteiger partial charge in [-0.25, -0.2) is 4.79 Å². The summed E-state index contributed by atoms with van der Waals surface area (Å²) in [6.45, 7) is 2.17. The largest absolute Gasteiger partial charge is 0.497 e. The van der Waals surface area contributed by atoms with Crippen molar-refractivity contribution in [2.45, 2.75) is 45.4 Å². The number of hydrogen-bond donors (Lipinski definition) is 1. The molecule has 0 aliphatic heterocycles. The Morgan fingerprint density at radius 3 is 2.65 bits per heavy atom. The molecule has 0 aliphatic carbocycles. The molecule has 0 bridgehead atoms. The SMILES string of the molecule is CCCCCCC/C(=C/c1cccc(OC)c1)C(=O)O. The predicted octanol–water partition coefficient (Wildman–Crippen LogP) is 4.52. The van der Waals surface area contributed by atoms with Gasteiger partial charge >= 0.3 is 5.97 Å². The molecule has 0 saturated carbocycles. The highest BCUT2D eigenvalue weighted by Crippen LogP contribution is 2.18. The number of rotatable bonds is 9. The van der Waals surface area contributed by atoms with E-state index >= 15 is 0 Å². The van der Waals surface area contributed by atoms with Crippen LogP contribution < -0.4 is 4.74 Å². The molecule has 110 valence electrons. The third-order valence-corrected chi connectivity index (χ3v) is 3.26. The van der Waals surface area contributed by atoms with E-state index in [1.165, 1.54) is 19.3 Å². The Morgan fingerprint density at radius 1 is 1.25 bits per heavy atom. The van der Waals surface area contributed by atoms with Crippen molar-refractivity contribution in [2.75, 3.05) is 7.11 Å². The van der Waals surface area contributed by atoms with Crippen LogP contribution in [0.2, 0.25) is 0 Å². The highest BCUT2D eigenvalue weighted by Gasteiger charge is 2.07. The Kier molecular flexibility index (Phi) is 7.48. The van der Waals surface area contributed by atoms with Crippen molar-refractivity contribution in [1.29, 1.82) is 0 Å². The standard InChI is InChI=1S/C17H24O3/c1-3-4-5-6-7-10-15(17(18)19)12-14-9-8-11-16(13-14)20-2/h8-9,11-13H,3-7,10H2,1-2H3,(H,18,19)/b15-12-. The zero-order valence-electron chi connectivity index (χ0n) is 12.4. The minimum Gasteiger partial charge on any atom is -0.497 e. The van der Waals surface area contributed by atoms with E-state index < -0.39 is 5.97 Å². The maximum Gasteiger partial charge on any atom is 0.331 e. The number of ether oxygens (including phenoxy) is 1. The fourth-order valence-electron chi connectivity index (χ4n) is 2.09. The van der Waals surface area contributed by atoms with E-state index in [-0.39, 0.29) is 0 Å². The molecule has 0 fully saturated rings. The molecule has 0 unspecified atom stereocenters. The number of hydrogen-bond acceptors (Lipinski definition) is 2. The molecule has 1 N–H and O–H groups in total. The second-order valence-electron chi connectivity index (χ2n) is 4.92. The van der Waals surface area contributed by atoms with Crippen LogP contribution in [0.25, 0.3) is 6.08 Å². The lowest BCUT2D eigenvalue weighted by Gasteiger charge is -2.04. The van der Waals surface area contributed by atoms with Gasteiger partial charge in [-0.1, -0.05) is 44.7 Å². The van der Waals surface area contributed by atoms with E-state index in [0.29, 0.717) is 12.0 Å². The Balaban J connectivity index is 2.64. The summed E-state index contributed by atoms with van der Waals surface area (Å²) in [7, 11) is 1.61. The van der Waals surface area contributed by atoms with Gasteiger partial charge in [-0.3, -0.25) is 0 Å². The van der Waals surface area contributed by atoms with Crippen LogP contribution in [0.3, 0.4) is 0 Å². The summed E-state index contributed by atoms with van der Waals surface area (Å²) in [6, 6.07) is 7.45. The lowest BCUT2D eigenvalue weighted by Crippen LogP contribution is -2.00. The van der Waals surface area contributed by atoms with E-state index in [4.69, 9.17) is 4.74 Å². The summed E-state index contributed by atoms with van der Waals surface area (Å²) in [5.74, 6) is -0.0882. The summed E-state index contributed by atoms with van der Waals surface area (Å²) in [5.41, 5.74) is 1.34. The normalized spacial score (nSPS) is 11.4. The van der Waals surface area contributed by atoms with Gasteiger partial charge in [0.1, 0.15) is 5.75 Å². The second-order valence-corrected chi connectivity index (χ2v) is 4.92. The van der Waals surface area contributed by atoms with Gasteiger partial charge < -0.3 is 9.84 Å². The van der Waals surface area contributed by atoms with Gasteiger partial charge in [0.2, 0.25) is 0 Å². The third-order valence-electron chi connectivity index (χ3n) is 3.26. The van der Waals surface area contributed by atoms with Crippen LogP contribution in [-0.4, -0.2) is 18.2 Å². The van der Waals surface area contributed by atoms with Gasteiger partial charge in [-0.15, -0.1) is 0 Å². The lowest BCUT2D eigenvalue weighted by atomic mass is 10.0. The molecular weight excluding hydrogens is 252 g/mol. The first kappa shape index (κ1) is 16.3. The number of carboxylic acids is 1. The maximum atomic E-state index is 11.3. The van der Waals surface area contributed by atoms with Crippen LogP contribution >= 0.6 is 0 Å². The van der Waals surface area contributed by atoms with Crippen molar-refractivity contribution in [3.8, 4) is 5.75 Å². The van der Waals surface area contributed by atoms with Gasteiger partial charge in [-0.05, 0) is 36.6 Å². The average molecular weight is 276 g/mol. The number of carboxylic acid groups (broad SMARTS) is 1. The van der Waals surface area contributed by atoms with Gasteiger partial charge in [0.05, 0.1) is 7.11 Å². The molecule has 0 amide bonds. The summed E-state index contributed by atoms with van der Waals surface area (Å²) in [5, 5.41) is 9.26. The fourth-order valence-corrected chi connectivity index (χ4v) is 2.09. The van der Waals surface area contributed by atoms with Crippen molar-refractivity contribution in [1.82, 2.24) is 0 Å². The van der Waals surface area contributed by atoms with Crippen LogP contribution in [0.4, 0.5) is 0 Å². The molecule has 0 saturated heterocycles. The molecule has 1 aromatic rings. The molecule has 0 heterocycles.